The quantitative estimate of drug-likeness (QED) is 0.793. The molecule has 2 N–H and O–H groups in total. The lowest BCUT2D eigenvalue weighted by Gasteiger charge is -2.16. The van der Waals surface area contributed by atoms with Crippen molar-refractivity contribution < 1.29 is 5.11 Å². The van der Waals surface area contributed by atoms with Crippen LogP contribution < -0.4 is 5.32 Å². The van der Waals surface area contributed by atoms with E-state index in [0.717, 1.165) is 18.5 Å². The minimum absolute atomic E-state index is 0.248. The molecule has 19 heavy (non-hydrogen) atoms. The maximum Gasteiger partial charge on any atom is 0.115 e. The van der Waals surface area contributed by atoms with Gasteiger partial charge in [0, 0.05) is 18.5 Å². The van der Waals surface area contributed by atoms with Crippen molar-refractivity contribution in [2.24, 2.45) is 0 Å². The second-order valence-corrected chi connectivity index (χ2v) is 4.90. The molecule has 1 atom stereocenters. The Bertz CT molecular complexity index is 484. The van der Waals surface area contributed by atoms with E-state index in [4.69, 9.17) is 11.6 Å². The van der Waals surface area contributed by atoms with Gasteiger partial charge in [0.15, 0.2) is 0 Å². The molecule has 0 aliphatic carbocycles. The van der Waals surface area contributed by atoms with Gasteiger partial charge in [0.1, 0.15) is 5.75 Å². The van der Waals surface area contributed by atoms with Gasteiger partial charge in [-0.25, -0.2) is 0 Å². The molecule has 0 spiro atoms. The Morgan fingerprint density at radius 3 is 2.26 bits per heavy atom. The molecular formula is C16H18ClNO. The summed E-state index contributed by atoms with van der Waals surface area (Å²) in [6, 6.07) is 17.8. The number of hydrogen-bond acceptors (Lipinski definition) is 2. The summed E-state index contributed by atoms with van der Waals surface area (Å²) < 4.78 is 0. The van der Waals surface area contributed by atoms with Crippen molar-refractivity contribution in [1.82, 2.24) is 5.32 Å². The van der Waals surface area contributed by atoms with Gasteiger partial charge in [0.25, 0.3) is 0 Å². The second-order valence-electron chi connectivity index (χ2n) is 4.59. The van der Waals surface area contributed by atoms with Crippen LogP contribution in [0.3, 0.4) is 0 Å². The van der Waals surface area contributed by atoms with Crippen molar-refractivity contribution in [3.8, 4) is 5.75 Å². The predicted molar refractivity (Wildman–Crippen MR) is 79.6 cm³/mol. The summed E-state index contributed by atoms with van der Waals surface area (Å²) in [5, 5.41) is 12.7. The van der Waals surface area contributed by atoms with Crippen LogP contribution in [0.5, 0.6) is 5.75 Å². The van der Waals surface area contributed by atoms with E-state index in [-0.39, 0.29) is 6.04 Å². The van der Waals surface area contributed by atoms with Gasteiger partial charge in [0.05, 0.1) is 0 Å². The van der Waals surface area contributed by atoms with Gasteiger partial charge in [-0.2, -0.15) is 0 Å². The Morgan fingerprint density at radius 2 is 1.63 bits per heavy atom. The number of benzene rings is 2. The average Bonchev–Trinajstić information content (AvgIpc) is 2.46. The number of rotatable bonds is 6. The third-order valence-corrected chi connectivity index (χ3v) is 3.41. The summed E-state index contributed by atoms with van der Waals surface area (Å²) in [6.45, 7) is 0.754. The fourth-order valence-electron chi connectivity index (χ4n) is 1.96. The van der Waals surface area contributed by atoms with Crippen LogP contribution in [0, 0.1) is 0 Å². The Balaban J connectivity index is 1.87. The summed E-state index contributed by atoms with van der Waals surface area (Å²) >= 11 is 6.01. The lowest BCUT2D eigenvalue weighted by Crippen LogP contribution is -2.32. The van der Waals surface area contributed by atoms with Crippen molar-refractivity contribution >= 4 is 11.6 Å². The van der Waals surface area contributed by atoms with Gasteiger partial charge in [0.2, 0.25) is 0 Å². The largest absolute Gasteiger partial charge is 0.508 e. The van der Waals surface area contributed by atoms with E-state index < -0.39 is 0 Å². The number of hydrogen-bond donors (Lipinski definition) is 2. The molecule has 0 aromatic heterocycles. The van der Waals surface area contributed by atoms with Gasteiger partial charge in [-0.3, -0.25) is 0 Å². The fourth-order valence-corrected chi connectivity index (χ4v) is 2.17. The van der Waals surface area contributed by atoms with Crippen LogP contribution in [0.4, 0.5) is 0 Å². The van der Waals surface area contributed by atoms with Crippen molar-refractivity contribution in [2.75, 3.05) is 5.88 Å². The molecule has 0 amide bonds. The van der Waals surface area contributed by atoms with Crippen molar-refractivity contribution in [3.05, 3.63) is 65.7 Å². The molecule has 100 valence electrons. The molecule has 0 radical (unpaired) electrons. The average molecular weight is 276 g/mol. The minimum Gasteiger partial charge on any atom is -0.508 e. The zero-order valence-corrected chi connectivity index (χ0v) is 11.5. The minimum atomic E-state index is 0.248. The first kappa shape index (κ1) is 13.9. The highest BCUT2D eigenvalue weighted by atomic mass is 35.5. The molecule has 0 heterocycles. The van der Waals surface area contributed by atoms with Crippen molar-refractivity contribution in [2.45, 2.75) is 19.0 Å². The molecule has 0 saturated heterocycles. The SMILES string of the molecule is Oc1ccc(CNC(CCl)Cc2ccccc2)cc1. The smallest absolute Gasteiger partial charge is 0.115 e. The molecule has 0 fully saturated rings. The van der Waals surface area contributed by atoms with Gasteiger partial charge in [-0.1, -0.05) is 42.5 Å². The monoisotopic (exact) mass is 275 g/mol. The number of aromatic hydroxyl groups is 1. The second kappa shape index (κ2) is 7.17. The topological polar surface area (TPSA) is 32.3 Å². The van der Waals surface area contributed by atoms with Crippen LogP contribution in [0.15, 0.2) is 54.6 Å². The molecule has 2 nitrogen and oxygen atoms in total. The molecule has 0 aliphatic heterocycles. The standard InChI is InChI=1S/C16H18ClNO/c17-11-15(10-13-4-2-1-3-5-13)18-12-14-6-8-16(19)9-7-14/h1-9,15,18-19H,10-12H2. The molecule has 2 aromatic carbocycles. The lowest BCUT2D eigenvalue weighted by molar-refractivity contribution is 0.474. The maximum absolute atomic E-state index is 9.23. The van der Waals surface area contributed by atoms with Gasteiger partial charge < -0.3 is 10.4 Å². The van der Waals surface area contributed by atoms with E-state index in [2.05, 4.69) is 17.4 Å². The number of alkyl halides is 1. The lowest BCUT2D eigenvalue weighted by atomic mass is 10.1. The molecule has 3 heteroatoms. The Labute approximate surface area is 119 Å². The van der Waals surface area contributed by atoms with E-state index in [1.165, 1.54) is 5.56 Å². The number of phenols is 1. The molecule has 0 aliphatic rings. The zero-order valence-electron chi connectivity index (χ0n) is 10.7. The molecule has 1 unspecified atom stereocenters. The first-order valence-electron chi connectivity index (χ1n) is 6.39. The fraction of sp³-hybridized carbons (Fsp3) is 0.250. The van der Waals surface area contributed by atoms with Crippen LogP contribution >= 0.6 is 11.6 Å². The number of halogens is 1. The highest BCUT2D eigenvalue weighted by Crippen LogP contribution is 2.10. The molecule has 0 saturated carbocycles. The third kappa shape index (κ3) is 4.58. The maximum atomic E-state index is 9.23. The Hall–Kier alpha value is -1.51. The van der Waals surface area contributed by atoms with Gasteiger partial charge >= 0.3 is 0 Å². The van der Waals surface area contributed by atoms with E-state index in [9.17, 15) is 5.11 Å². The predicted octanol–water partition coefficient (Wildman–Crippen LogP) is 3.33. The Morgan fingerprint density at radius 1 is 0.947 bits per heavy atom. The van der Waals surface area contributed by atoms with E-state index in [1.54, 1.807) is 12.1 Å². The molecule has 2 aromatic rings. The molecule has 0 bridgehead atoms. The molecular weight excluding hydrogens is 258 g/mol. The summed E-state index contributed by atoms with van der Waals surface area (Å²) in [4.78, 5) is 0. The number of phenolic OH excluding ortho intramolecular Hbond substituents is 1. The van der Waals surface area contributed by atoms with E-state index in [0.29, 0.717) is 11.6 Å². The third-order valence-electron chi connectivity index (χ3n) is 3.04. The summed E-state index contributed by atoms with van der Waals surface area (Å²) in [5.41, 5.74) is 2.42. The first-order valence-corrected chi connectivity index (χ1v) is 6.92. The Kier molecular flexibility index (Phi) is 5.25. The van der Waals surface area contributed by atoms with E-state index >= 15 is 0 Å². The van der Waals surface area contributed by atoms with Crippen molar-refractivity contribution in [1.29, 1.82) is 0 Å². The zero-order chi connectivity index (χ0) is 13.5. The molecule has 2 rings (SSSR count). The summed E-state index contributed by atoms with van der Waals surface area (Å²) in [5.74, 6) is 0.870. The van der Waals surface area contributed by atoms with E-state index in [1.807, 2.05) is 30.3 Å². The van der Waals surface area contributed by atoms with Crippen LogP contribution in [-0.2, 0) is 13.0 Å². The van der Waals surface area contributed by atoms with Crippen LogP contribution in [0.1, 0.15) is 11.1 Å². The van der Waals surface area contributed by atoms with Crippen molar-refractivity contribution in [3.63, 3.8) is 0 Å². The highest BCUT2D eigenvalue weighted by molar-refractivity contribution is 6.18. The van der Waals surface area contributed by atoms with Gasteiger partial charge in [-0.15, -0.1) is 11.6 Å². The highest BCUT2D eigenvalue weighted by Gasteiger charge is 2.07. The van der Waals surface area contributed by atoms with Crippen LogP contribution in [0.2, 0.25) is 0 Å². The number of nitrogens with one attached hydrogen (secondary N) is 1. The summed E-state index contributed by atoms with van der Waals surface area (Å²) in [7, 11) is 0. The summed E-state index contributed by atoms with van der Waals surface area (Å²) in [6.07, 6.45) is 0.919. The van der Waals surface area contributed by atoms with Crippen LogP contribution in [0.25, 0.3) is 0 Å². The van der Waals surface area contributed by atoms with Crippen LogP contribution in [-0.4, -0.2) is 17.0 Å². The van der Waals surface area contributed by atoms with Gasteiger partial charge in [-0.05, 0) is 29.7 Å². The normalized spacial score (nSPS) is 12.3. The first-order chi connectivity index (χ1) is 9.28.